The van der Waals surface area contributed by atoms with Gasteiger partial charge in [-0.15, -0.1) is 0 Å². The average molecular weight is 250 g/mol. The van der Waals surface area contributed by atoms with Gasteiger partial charge in [-0.25, -0.2) is 0 Å². The maximum atomic E-state index is 12.2. The summed E-state index contributed by atoms with van der Waals surface area (Å²) in [5.41, 5.74) is -0.439. The first-order valence-electron chi connectivity index (χ1n) is 5.83. The van der Waals surface area contributed by atoms with Gasteiger partial charge in [0.1, 0.15) is 0 Å². The Balaban J connectivity index is 2.35. The summed E-state index contributed by atoms with van der Waals surface area (Å²) in [5.74, 6) is -0.896. The third-order valence-corrected chi connectivity index (χ3v) is 3.03. The van der Waals surface area contributed by atoms with Crippen LogP contribution in [-0.4, -0.2) is 33.4 Å². The Hall–Kier alpha value is -2.11. The Labute approximate surface area is 104 Å². The summed E-state index contributed by atoms with van der Waals surface area (Å²) in [6.07, 6.45) is 1.91. The minimum Gasteiger partial charge on any atom is -0.502 e. The summed E-state index contributed by atoms with van der Waals surface area (Å²) in [6.45, 7) is 2.39. The van der Waals surface area contributed by atoms with Gasteiger partial charge >= 0.3 is 5.69 Å². The first kappa shape index (κ1) is 12.3. The van der Waals surface area contributed by atoms with Crippen molar-refractivity contribution < 1.29 is 14.8 Å². The molecule has 0 bridgehead atoms. The average Bonchev–Trinajstić information content (AvgIpc) is 3.14. The van der Waals surface area contributed by atoms with E-state index in [9.17, 15) is 20.0 Å². The minimum absolute atomic E-state index is 0.00190. The van der Waals surface area contributed by atoms with Crippen molar-refractivity contribution >= 4 is 11.6 Å². The van der Waals surface area contributed by atoms with Crippen LogP contribution in [0.1, 0.15) is 30.1 Å². The molecule has 1 aliphatic rings. The number of benzene rings is 1. The molecule has 0 unspecified atom stereocenters. The van der Waals surface area contributed by atoms with Crippen LogP contribution < -0.4 is 0 Å². The quantitative estimate of drug-likeness (QED) is 0.653. The van der Waals surface area contributed by atoms with E-state index in [0.29, 0.717) is 6.54 Å². The number of phenols is 1. The largest absolute Gasteiger partial charge is 0.502 e. The predicted molar refractivity (Wildman–Crippen MR) is 64.5 cm³/mol. The molecule has 2 rings (SSSR count). The number of phenolic OH excluding ortho intramolecular Hbond substituents is 1. The van der Waals surface area contributed by atoms with Crippen molar-refractivity contribution in [1.82, 2.24) is 4.90 Å². The van der Waals surface area contributed by atoms with Crippen LogP contribution in [0.3, 0.4) is 0 Å². The van der Waals surface area contributed by atoms with Crippen LogP contribution in [0.15, 0.2) is 18.2 Å². The normalized spacial score (nSPS) is 14.3. The summed E-state index contributed by atoms with van der Waals surface area (Å²) in [4.78, 5) is 23.8. The van der Waals surface area contributed by atoms with Gasteiger partial charge in [-0.2, -0.15) is 0 Å². The molecule has 6 nitrogen and oxygen atoms in total. The molecule has 1 saturated carbocycles. The zero-order chi connectivity index (χ0) is 13.3. The van der Waals surface area contributed by atoms with Gasteiger partial charge in [0.05, 0.1) is 10.5 Å². The van der Waals surface area contributed by atoms with Crippen LogP contribution in [0.4, 0.5) is 5.69 Å². The molecule has 1 aliphatic carbocycles. The highest BCUT2D eigenvalue weighted by molar-refractivity contribution is 5.98. The summed E-state index contributed by atoms with van der Waals surface area (Å²) < 4.78 is 0. The lowest BCUT2D eigenvalue weighted by molar-refractivity contribution is -0.385. The van der Waals surface area contributed by atoms with Crippen molar-refractivity contribution in [3.05, 3.63) is 33.9 Å². The van der Waals surface area contributed by atoms with E-state index in [1.165, 1.54) is 18.2 Å². The number of hydrogen-bond acceptors (Lipinski definition) is 4. The molecule has 1 aromatic carbocycles. The van der Waals surface area contributed by atoms with Crippen molar-refractivity contribution in [2.45, 2.75) is 25.8 Å². The molecule has 96 valence electrons. The van der Waals surface area contributed by atoms with Gasteiger partial charge in [-0.3, -0.25) is 14.9 Å². The monoisotopic (exact) mass is 250 g/mol. The predicted octanol–water partition coefficient (Wildman–Crippen LogP) is 1.92. The number of nitro groups is 1. The van der Waals surface area contributed by atoms with E-state index in [4.69, 9.17) is 0 Å². The maximum absolute atomic E-state index is 12.2. The lowest BCUT2D eigenvalue weighted by Crippen LogP contribution is -2.32. The molecule has 0 aliphatic heterocycles. The second-order valence-electron chi connectivity index (χ2n) is 4.25. The third kappa shape index (κ3) is 2.13. The number of hydrogen-bond donors (Lipinski definition) is 1. The molecule has 6 heteroatoms. The molecule has 1 aromatic rings. The van der Waals surface area contributed by atoms with Crippen LogP contribution in [-0.2, 0) is 0 Å². The number of carbonyl (C=O) groups excluding carboxylic acids is 1. The second-order valence-corrected chi connectivity index (χ2v) is 4.25. The van der Waals surface area contributed by atoms with Gasteiger partial charge in [-0.05, 0) is 25.8 Å². The van der Waals surface area contributed by atoms with E-state index in [1.54, 1.807) is 4.90 Å². The van der Waals surface area contributed by atoms with Crippen molar-refractivity contribution in [2.75, 3.05) is 6.54 Å². The summed E-state index contributed by atoms with van der Waals surface area (Å²) in [7, 11) is 0. The highest BCUT2D eigenvalue weighted by Gasteiger charge is 2.33. The smallest absolute Gasteiger partial charge is 0.311 e. The molecular weight excluding hydrogens is 236 g/mol. The Morgan fingerprint density at radius 1 is 1.56 bits per heavy atom. The highest BCUT2D eigenvalue weighted by atomic mass is 16.6. The van der Waals surface area contributed by atoms with Crippen LogP contribution in [0.2, 0.25) is 0 Å². The van der Waals surface area contributed by atoms with E-state index in [-0.39, 0.29) is 17.5 Å². The molecule has 0 aromatic heterocycles. The fourth-order valence-electron chi connectivity index (χ4n) is 1.96. The molecule has 0 heterocycles. The van der Waals surface area contributed by atoms with E-state index in [2.05, 4.69) is 0 Å². The van der Waals surface area contributed by atoms with Gasteiger partial charge in [0.25, 0.3) is 5.91 Å². The van der Waals surface area contributed by atoms with Crippen LogP contribution >= 0.6 is 0 Å². The fraction of sp³-hybridized carbons (Fsp3) is 0.417. The second kappa shape index (κ2) is 4.64. The van der Waals surface area contributed by atoms with E-state index < -0.39 is 16.4 Å². The molecule has 1 N–H and O–H groups in total. The fourth-order valence-corrected chi connectivity index (χ4v) is 1.96. The van der Waals surface area contributed by atoms with Crippen molar-refractivity contribution in [2.24, 2.45) is 0 Å². The lowest BCUT2D eigenvalue weighted by Gasteiger charge is -2.20. The summed E-state index contributed by atoms with van der Waals surface area (Å²) >= 11 is 0. The van der Waals surface area contributed by atoms with Crippen molar-refractivity contribution in [3.8, 4) is 5.75 Å². The molecular formula is C12H14N2O4. The topological polar surface area (TPSA) is 83.7 Å². The zero-order valence-corrected chi connectivity index (χ0v) is 10.00. The van der Waals surface area contributed by atoms with Gasteiger partial charge in [0, 0.05) is 18.7 Å². The number of aromatic hydroxyl groups is 1. The van der Waals surface area contributed by atoms with Crippen molar-refractivity contribution in [1.29, 1.82) is 0 Å². The molecule has 18 heavy (non-hydrogen) atoms. The molecule has 0 saturated heterocycles. The molecule has 1 amide bonds. The minimum atomic E-state index is -0.695. The Kier molecular flexibility index (Phi) is 3.18. The van der Waals surface area contributed by atoms with Crippen molar-refractivity contribution in [3.63, 3.8) is 0 Å². The molecule has 0 radical (unpaired) electrons. The number of nitro benzene ring substituents is 1. The van der Waals surface area contributed by atoms with E-state index in [0.717, 1.165) is 12.8 Å². The number of para-hydroxylation sites is 1. The standard InChI is InChI=1S/C12H14N2O4/c1-2-13(8-6-7-8)12(16)9-4-3-5-10(11(9)15)14(17)18/h3-5,8,15H,2,6-7H2,1H3. The van der Waals surface area contributed by atoms with E-state index in [1.807, 2.05) is 6.92 Å². The number of nitrogens with zero attached hydrogens (tertiary/aromatic N) is 2. The van der Waals surface area contributed by atoms with Crippen LogP contribution in [0, 0.1) is 10.1 Å². The first-order chi connectivity index (χ1) is 8.56. The number of amides is 1. The van der Waals surface area contributed by atoms with Crippen LogP contribution in [0.5, 0.6) is 5.75 Å². The number of carbonyl (C=O) groups is 1. The Morgan fingerprint density at radius 3 is 2.72 bits per heavy atom. The highest BCUT2D eigenvalue weighted by Crippen LogP contribution is 2.33. The Morgan fingerprint density at radius 2 is 2.22 bits per heavy atom. The van der Waals surface area contributed by atoms with Gasteiger partial charge < -0.3 is 10.0 Å². The SMILES string of the molecule is CCN(C(=O)c1cccc([N+](=O)[O-])c1O)C1CC1. The van der Waals surface area contributed by atoms with Gasteiger partial charge in [0.15, 0.2) is 0 Å². The van der Waals surface area contributed by atoms with Gasteiger partial charge in [-0.1, -0.05) is 6.07 Å². The van der Waals surface area contributed by atoms with E-state index >= 15 is 0 Å². The van der Waals surface area contributed by atoms with Crippen LogP contribution in [0.25, 0.3) is 0 Å². The zero-order valence-electron chi connectivity index (χ0n) is 10.00. The molecule has 0 spiro atoms. The number of rotatable bonds is 4. The first-order valence-corrected chi connectivity index (χ1v) is 5.83. The Bertz CT molecular complexity index is 497. The molecule has 0 atom stereocenters. The summed E-state index contributed by atoms with van der Waals surface area (Å²) in [6, 6.07) is 4.21. The lowest BCUT2D eigenvalue weighted by atomic mass is 10.1. The van der Waals surface area contributed by atoms with Gasteiger partial charge in [0.2, 0.25) is 5.75 Å². The molecule has 1 fully saturated rings. The third-order valence-electron chi connectivity index (χ3n) is 3.03. The maximum Gasteiger partial charge on any atom is 0.311 e. The summed E-state index contributed by atoms with van der Waals surface area (Å²) in [5, 5.41) is 20.5.